The van der Waals surface area contributed by atoms with E-state index in [0.717, 1.165) is 41.0 Å². The summed E-state index contributed by atoms with van der Waals surface area (Å²) in [7, 11) is -3.96. The van der Waals surface area contributed by atoms with Crippen LogP contribution in [-0.2, 0) is 27.7 Å². The lowest BCUT2D eigenvalue weighted by Crippen LogP contribution is -2.41. The molecule has 0 aliphatic heterocycles. The third-order valence-electron chi connectivity index (χ3n) is 6.39. The number of rotatable bonds is 10. The third-order valence-corrected chi connectivity index (χ3v) is 7.83. The summed E-state index contributed by atoms with van der Waals surface area (Å²) in [5.41, 5.74) is 2.73. The molecule has 1 aliphatic rings. The molecule has 4 atom stereocenters. The Labute approximate surface area is 210 Å². The lowest BCUT2D eigenvalue weighted by molar-refractivity contribution is -0.127. The SMILES string of the molecule is O=C(N[C@H]1c2ccccc2C[C@H]1O)[C@H](Cc1ccccc1)C[C@H](O)CNS(=O)(=O)c1ccc(F)cc1. The first kappa shape index (κ1) is 26.0. The zero-order valence-electron chi connectivity index (χ0n) is 19.5. The number of sulfonamides is 1. The van der Waals surface area contributed by atoms with Gasteiger partial charge < -0.3 is 15.5 Å². The van der Waals surface area contributed by atoms with Crippen LogP contribution in [0.3, 0.4) is 0 Å². The number of carbonyl (C=O) groups excluding carboxylic acids is 1. The van der Waals surface area contributed by atoms with E-state index in [9.17, 15) is 27.8 Å². The molecule has 4 N–H and O–H groups in total. The summed E-state index contributed by atoms with van der Waals surface area (Å²) in [4.78, 5) is 13.2. The number of carbonyl (C=O) groups is 1. The topological polar surface area (TPSA) is 116 Å². The molecule has 7 nitrogen and oxygen atoms in total. The number of hydrogen-bond acceptors (Lipinski definition) is 5. The lowest BCUT2D eigenvalue weighted by Gasteiger charge is -2.24. The van der Waals surface area contributed by atoms with Crippen LogP contribution < -0.4 is 10.0 Å². The minimum absolute atomic E-state index is 0.00285. The normalized spacial score (nSPS) is 18.9. The van der Waals surface area contributed by atoms with Gasteiger partial charge in [0.1, 0.15) is 5.82 Å². The van der Waals surface area contributed by atoms with E-state index in [1.54, 1.807) is 0 Å². The Morgan fingerprint density at radius 1 is 1.00 bits per heavy atom. The predicted molar refractivity (Wildman–Crippen MR) is 133 cm³/mol. The van der Waals surface area contributed by atoms with Gasteiger partial charge in [-0.3, -0.25) is 4.79 Å². The molecule has 0 saturated heterocycles. The van der Waals surface area contributed by atoms with Gasteiger partial charge in [0.2, 0.25) is 15.9 Å². The summed E-state index contributed by atoms with van der Waals surface area (Å²) in [6.45, 7) is -0.312. The molecule has 1 amide bonds. The number of halogens is 1. The van der Waals surface area contributed by atoms with Crippen molar-refractivity contribution in [1.29, 1.82) is 0 Å². The maximum absolute atomic E-state index is 13.3. The van der Waals surface area contributed by atoms with Crippen LogP contribution in [0.4, 0.5) is 4.39 Å². The van der Waals surface area contributed by atoms with Gasteiger partial charge in [-0.1, -0.05) is 54.6 Å². The number of aliphatic hydroxyl groups excluding tert-OH is 2. The van der Waals surface area contributed by atoms with Gasteiger partial charge in [-0.25, -0.2) is 17.5 Å². The van der Waals surface area contributed by atoms with Crippen molar-refractivity contribution in [3.8, 4) is 0 Å². The van der Waals surface area contributed by atoms with E-state index in [4.69, 9.17) is 0 Å². The Balaban J connectivity index is 1.44. The van der Waals surface area contributed by atoms with E-state index in [1.807, 2.05) is 54.6 Å². The standard InChI is InChI=1S/C27H29FN2O5S/c28-21-10-12-23(13-11-21)36(34,35)29-17-22(31)15-20(14-18-6-2-1-3-7-18)27(33)30-26-24-9-5-4-8-19(24)16-25(26)32/h1-13,20,22,25-26,29,31-32H,14-17H2,(H,30,33)/t20-,22+,25-,26+/m1/s1. The van der Waals surface area contributed by atoms with Crippen LogP contribution in [0.25, 0.3) is 0 Å². The van der Waals surface area contributed by atoms with Crippen molar-refractivity contribution in [2.75, 3.05) is 6.54 Å². The molecule has 0 fully saturated rings. The molecule has 0 spiro atoms. The van der Waals surface area contributed by atoms with E-state index < -0.39 is 40.0 Å². The summed E-state index contributed by atoms with van der Waals surface area (Å²) >= 11 is 0. The summed E-state index contributed by atoms with van der Waals surface area (Å²) in [6, 6.07) is 20.7. The number of nitrogens with one attached hydrogen (secondary N) is 2. The van der Waals surface area contributed by atoms with E-state index in [-0.39, 0.29) is 23.8 Å². The molecule has 3 aromatic rings. The highest BCUT2D eigenvalue weighted by Crippen LogP contribution is 2.32. The highest BCUT2D eigenvalue weighted by atomic mass is 32.2. The molecular formula is C27H29FN2O5S. The van der Waals surface area contributed by atoms with Gasteiger partial charge >= 0.3 is 0 Å². The van der Waals surface area contributed by atoms with Crippen LogP contribution in [-0.4, -0.2) is 43.3 Å². The van der Waals surface area contributed by atoms with Gasteiger partial charge in [0.25, 0.3) is 0 Å². The van der Waals surface area contributed by atoms with Gasteiger partial charge in [0.05, 0.1) is 23.1 Å². The van der Waals surface area contributed by atoms with Crippen LogP contribution in [0.2, 0.25) is 0 Å². The number of amides is 1. The summed E-state index contributed by atoms with van der Waals surface area (Å²) in [5, 5.41) is 24.1. The second kappa shape index (κ2) is 11.3. The average molecular weight is 513 g/mol. The first-order chi connectivity index (χ1) is 17.2. The van der Waals surface area contributed by atoms with Gasteiger partial charge in [-0.05, 0) is 53.8 Å². The Morgan fingerprint density at radius 2 is 1.67 bits per heavy atom. The van der Waals surface area contributed by atoms with E-state index in [2.05, 4.69) is 10.0 Å². The molecule has 36 heavy (non-hydrogen) atoms. The zero-order valence-corrected chi connectivity index (χ0v) is 20.4. The zero-order chi connectivity index (χ0) is 25.7. The Morgan fingerprint density at radius 3 is 2.39 bits per heavy atom. The molecule has 3 aromatic carbocycles. The van der Waals surface area contributed by atoms with Gasteiger partial charge in [-0.2, -0.15) is 0 Å². The fourth-order valence-corrected chi connectivity index (χ4v) is 5.59. The monoisotopic (exact) mass is 512 g/mol. The largest absolute Gasteiger partial charge is 0.392 e. The second-order valence-electron chi connectivity index (χ2n) is 9.04. The third kappa shape index (κ3) is 6.36. The quantitative estimate of drug-likeness (QED) is 0.333. The van der Waals surface area contributed by atoms with Crippen molar-refractivity contribution in [3.05, 3.63) is 101 Å². The molecule has 1 aliphatic carbocycles. The lowest BCUT2D eigenvalue weighted by atomic mass is 9.92. The van der Waals surface area contributed by atoms with Crippen LogP contribution in [0.5, 0.6) is 0 Å². The molecule has 0 bridgehead atoms. The molecular weight excluding hydrogens is 483 g/mol. The number of aliphatic hydroxyl groups is 2. The Kier molecular flexibility index (Phi) is 8.15. The average Bonchev–Trinajstić information content (AvgIpc) is 3.18. The first-order valence-electron chi connectivity index (χ1n) is 11.8. The van der Waals surface area contributed by atoms with Crippen LogP contribution >= 0.6 is 0 Å². The molecule has 0 aromatic heterocycles. The van der Waals surface area contributed by atoms with Crippen molar-refractivity contribution >= 4 is 15.9 Å². The van der Waals surface area contributed by atoms with Gasteiger partial charge in [0.15, 0.2) is 0 Å². The van der Waals surface area contributed by atoms with Crippen LogP contribution in [0.15, 0.2) is 83.8 Å². The van der Waals surface area contributed by atoms with Crippen molar-refractivity contribution in [3.63, 3.8) is 0 Å². The minimum atomic E-state index is -3.96. The fourth-order valence-electron chi connectivity index (χ4n) is 4.52. The molecule has 9 heteroatoms. The number of benzene rings is 3. The summed E-state index contributed by atoms with van der Waals surface area (Å²) in [6.07, 6.45) is -1.13. The van der Waals surface area contributed by atoms with Crippen LogP contribution in [0, 0.1) is 11.7 Å². The smallest absolute Gasteiger partial charge is 0.240 e. The highest BCUT2D eigenvalue weighted by Gasteiger charge is 2.34. The van der Waals surface area contributed by atoms with E-state index >= 15 is 0 Å². The fraction of sp³-hybridized carbons (Fsp3) is 0.296. The maximum Gasteiger partial charge on any atom is 0.240 e. The summed E-state index contributed by atoms with van der Waals surface area (Å²) < 4.78 is 40.4. The first-order valence-corrected chi connectivity index (χ1v) is 13.2. The molecule has 0 radical (unpaired) electrons. The molecule has 4 rings (SSSR count). The highest BCUT2D eigenvalue weighted by molar-refractivity contribution is 7.89. The van der Waals surface area contributed by atoms with Gasteiger partial charge in [0, 0.05) is 18.9 Å². The van der Waals surface area contributed by atoms with Crippen molar-refractivity contribution in [1.82, 2.24) is 10.0 Å². The Bertz CT molecular complexity index is 1290. The van der Waals surface area contributed by atoms with Crippen molar-refractivity contribution < 1.29 is 27.8 Å². The predicted octanol–water partition coefficient (Wildman–Crippen LogP) is 2.49. The number of fused-ring (bicyclic) bond motifs is 1. The second-order valence-corrected chi connectivity index (χ2v) is 10.8. The minimum Gasteiger partial charge on any atom is -0.392 e. The van der Waals surface area contributed by atoms with E-state index in [1.165, 1.54) is 0 Å². The molecule has 0 heterocycles. The summed E-state index contributed by atoms with van der Waals surface area (Å²) in [5.74, 6) is -1.56. The van der Waals surface area contributed by atoms with Gasteiger partial charge in [-0.15, -0.1) is 0 Å². The molecule has 190 valence electrons. The molecule has 0 unspecified atom stereocenters. The maximum atomic E-state index is 13.3. The molecule has 0 saturated carbocycles. The van der Waals surface area contributed by atoms with E-state index in [0.29, 0.717) is 12.8 Å². The van der Waals surface area contributed by atoms with Crippen molar-refractivity contribution in [2.24, 2.45) is 5.92 Å². The van der Waals surface area contributed by atoms with Crippen LogP contribution in [0.1, 0.15) is 29.2 Å². The number of hydrogen-bond donors (Lipinski definition) is 4. The van der Waals surface area contributed by atoms with Crippen molar-refractivity contribution in [2.45, 2.75) is 42.4 Å². The Hall–Kier alpha value is -3.11.